The van der Waals surface area contributed by atoms with Crippen molar-refractivity contribution in [1.29, 1.82) is 5.26 Å². The van der Waals surface area contributed by atoms with Crippen molar-refractivity contribution < 1.29 is 9.59 Å². The summed E-state index contributed by atoms with van der Waals surface area (Å²) in [5, 5.41) is 11.6. The predicted molar refractivity (Wildman–Crippen MR) is 78.0 cm³/mol. The monoisotopic (exact) mass is 280 g/mol. The maximum atomic E-state index is 12.6. The molecule has 1 atom stereocenters. The van der Waals surface area contributed by atoms with Gasteiger partial charge < -0.3 is 5.32 Å². The summed E-state index contributed by atoms with van der Waals surface area (Å²) in [6, 6.07) is 9.47. The summed E-state index contributed by atoms with van der Waals surface area (Å²) in [5.74, 6) is 0.0128. The summed E-state index contributed by atoms with van der Waals surface area (Å²) >= 11 is 0. The molecule has 1 aliphatic carbocycles. The minimum absolute atomic E-state index is 0.0156. The van der Waals surface area contributed by atoms with Gasteiger partial charge in [-0.15, -0.1) is 6.42 Å². The number of carbonyl (C=O) groups excluding carboxylic acids is 2. The molecule has 0 aromatic heterocycles. The summed E-state index contributed by atoms with van der Waals surface area (Å²) in [4.78, 5) is 24.5. The molecule has 0 saturated heterocycles. The van der Waals surface area contributed by atoms with Crippen LogP contribution in [0.2, 0.25) is 0 Å². The number of aryl methyl sites for hydroxylation is 1. The van der Waals surface area contributed by atoms with Crippen LogP contribution in [-0.2, 0) is 15.0 Å². The van der Waals surface area contributed by atoms with Crippen molar-refractivity contribution in [2.75, 3.05) is 6.54 Å². The Morgan fingerprint density at radius 1 is 1.48 bits per heavy atom. The maximum Gasteiger partial charge on any atom is 0.245 e. The first-order valence-corrected chi connectivity index (χ1v) is 6.77. The van der Waals surface area contributed by atoms with Gasteiger partial charge in [0.2, 0.25) is 5.91 Å². The van der Waals surface area contributed by atoms with E-state index >= 15 is 0 Å². The molecule has 1 saturated carbocycles. The molecule has 1 aromatic carbocycles. The highest BCUT2D eigenvalue weighted by atomic mass is 16.2. The lowest BCUT2D eigenvalue weighted by Crippen LogP contribution is -2.39. The molecule has 2 rings (SSSR count). The van der Waals surface area contributed by atoms with Crippen molar-refractivity contribution in [3.8, 4) is 18.4 Å². The fraction of sp³-hybridized carbons (Fsp3) is 0.353. The Hall–Kier alpha value is -2.59. The number of Topliss-reactive ketones (excluding diaryl/α,β-unsaturated/α-hetero) is 1. The number of nitriles is 1. The SMILES string of the molecule is C#CCNC(=O)[C@@H](C#N)C(=O)C1(c2cccc(C)c2)CC1. The molecule has 4 heteroatoms. The highest BCUT2D eigenvalue weighted by Gasteiger charge is 2.54. The minimum Gasteiger partial charge on any atom is -0.344 e. The highest BCUT2D eigenvalue weighted by molar-refractivity contribution is 6.10. The molecule has 1 N–H and O–H groups in total. The van der Waals surface area contributed by atoms with Gasteiger partial charge in [-0.25, -0.2) is 0 Å². The van der Waals surface area contributed by atoms with Crippen molar-refractivity contribution >= 4 is 11.7 Å². The molecule has 0 bridgehead atoms. The standard InChI is InChI=1S/C17H16N2O2/c1-3-9-19-16(21)14(11-18)15(20)17(7-8-17)13-6-4-5-12(2)10-13/h1,4-6,10,14H,7-9H2,2H3,(H,19,21)/t14-/m0/s1. The highest BCUT2D eigenvalue weighted by Crippen LogP contribution is 2.50. The first-order chi connectivity index (χ1) is 10.0. The second kappa shape index (κ2) is 5.81. The summed E-state index contributed by atoms with van der Waals surface area (Å²) in [6.45, 7) is 1.97. The lowest BCUT2D eigenvalue weighted by molar-refractivity contribution is -0.132. The van der Waals surface area contributed by atoms with Crippen LogP contribution in [-0.4, -0.2) is 18.2 Å². The van der Waals surface area contributed by atoms with Gasteiger partial charge in [-0.3, -0.25) is 9.59 Å². The quantitative estimate of drug-likeness (QED) is 0.656. The van der Waals surface area contributed by atoms with E-state index in [4.69, 9.17) is 6.42 Å². The van der Waals surface area contributed by atoms with Crippen molar-refractivity contribution in [2.24, 2.45) is 5.92 Å². The van der Waals surface area contributed by atoms with Crippen molar-refractivity contribution in [2.45, 2.75) is 25.2 Å². The van der Waals surface area contributed by atoms with Crippen LogP contribution in [0.4, 0.5) is 0 Å². The van der Waals surface area contributed by atoms with E-state index in [0.29, 0.717) is 12.8 Å². The molecule has 106 valence electrons. The van der Waals surface area contributed by atoms with Crippen LogP contribution in [0.5, 0.6) is 0 Å². The summed E-state index contributed by atoms with van der Waals surface area (Å²) in [6.07, 6.45) is 6.42. The molecule has 0 heterocycles. The van der Waals surface area contributed by atoms with Gasteiger partial charge in [0.05, 0.1) is 18.0 Å². The molecule has 1 fully saturated rings. The first kappa shape index (κ1) is 14.8. The van der Waals surface area contributed by atoms with Crippen LogP contribution >= 0.6 is 0 Å². The van der Waals surface area contributed by atoms with Gasteiger partial charge in [-0.2, -0.15) is 5.26 Å². The third-order valence-electron chi connectivity index (χ3n) is 3.81. The first-order valence-electron chi connectivity index (χ1n) is 6.77. The summed E-state index contributed by atoms with van der Waals surface area (Å²) < 4.78 is 0. The number of ketones is 1. The zero-order valence-electron chi connectivity index (χ0n) is 11.8. The lowest BCUT2D eigenvalue weighted by atomic mass is 9.84. The number of terminal acetylenes is 1. The van der Waals surface area contributed by atoms with E-state index in [-0.39, 0.29) is 12.3 Å². The Bertz CT molecular complexity index is 660. The molecule has 0 spiro atoms. The van der Waals surface area contributed by atoms with Crippen molar-refractivity contribution in [1.82, 2.24) is 5.32 Å². The van der Waals surface area contributed by atoms with Crippen LogP contribution in [0.15, 0.2) is 24.3 Å². The molecule has 0 aliphatic heterocycles. The van der Waals surface area contributed by atoms with E-state index in [9.17, 15) is 14.9 Å². The fourth-order valence-corrected chi connectivity index (χ4v) is 2.50. The molecular weight excluding hydrogens is 264 g/mol. The van der Waals surface area contributed by atoms with Crippen molar-refractivity contribution in [3.05, 3.63) is 35.4 Å². The Kier molecular flexibility index (Phi) is 4.10. The maximum absolute atomic E-state index is 12.6. The van der Waals surface area contributed by atoms with E-state index in [1.165, 1.54) is 0 Å². The Labute approximate surface area is 124 Å². The Morgan fingerprint density at radius 3 is 2.71 bits per heavy atom. The third kappa shape index (κ3) is 2.80. The predicted octanol–water partition coefficient (Wildman–Crippen LogP) is 1.48. The number of amides is 1. The molecule has 1 aromatic rings. The molecule has 4 nitrogen and oxygen atoms in total. The second-order valence-electron chi connectivity index (χ2n) is 5.30. The molecule has 21 heavy (non-hydrogen) atoms. The number of benzene rings is 1. The van der Waals surface area contributed by atoms with Gasteiger partial charge >= 0.3 is 0 Å². The van der Waals surface area contributed by atoms with E-state index < -0.39 is 17.2 Å². The Balaban J connectivity index is 2.24. The van der Waals surface area contributed by atoms with E-state index in [0.717, 1.165) is 11.1 Å². The van der Waals surface area contributed by atoms with Gasteiger partial charge in [-0.05, 0) is 25.3 Å². The number of rotatable bonds is 5. The van der Waals surface area contributed by atoms with Gasteiger partial charge in [0.1, 0.15) is 0 Å². The zero-order chi connectivity index (χ0) is 15.5. The van der Waals surface area contributed by atoms with Gasteiger partial charge in [-0.1, -0.05) is 35.7 Å². The topological polar surface area (TPSA) is 70.0 Å². The largest absolute Gasteiger partial charge is 0.344 e. The van der Waals surface area contributed by atoms with Crippen molar-refractivity contribution in [3.63, 3.8) is 0 Å². The smallest absolute Gasteiger partial charge is 0.245 e. The Morgan fingerprint density at radius 2 is 2.19 bits per heavy atom. The molecular formula is C17H16N2O2. The van der Waals surface area contributed by atoms with Gasteiger partial charge in [0.15, 0.2) is 11.7 Å². The molecule has 0 radical (unpaired) electrons. The van der Waals surface area contributed by atoms with E-state index in [1.807, 2.05) is 37.3 Å². The second-order valence-corrected chi connectivity index (χ2v) is 5.30. The molecule has 1 aliphatic rings. The average molecular weight is 280 g/mol. The lowest BCUT2D eigenvalue weighted by Gasteiger charge is -2.18. The van der Waals surface area contributed by atoms with Gasteiger partial charge in [0, 0.05) is 0 Å². The average Bonchev–Trinajstić information content (AvgIpc) is 3.27. The summed E-state index contributed by atoms with van der Waals surface area (Å²) in [7, 11) is 0. The summed E-state index contributed by atoms with van der Waals surface area (Å²) in [5.41, 5.74) is 1.26. The third-order valence-corrected chi connectivity index (χ3v) is 3.81. The zero-order valence-corrected chi connectivity index (χ0v) is 11.8. The fourth-order valence-electron chi connectivity index (χ4n) is 2.50. The van der Waals surface area contributed by atoms with Crippen LogP contribution in [0.25, 0.3) is 0 Å². The normalized spacial score (nSPS) is 16.1. The molecule has 0 unspecified atom stereocenters. The number of nitrogens with zero attached hydrogens (tertiary/aromatic N) is 1. The van der Waals surface area contributed by atoms with Crippen LogP contribution in [0.1, 0.15) is 24.0 Å². The molecule has 1 amide bonds. The number of hydrogen-bond donors (Lipinski definition) is 1. The van der Waals surface area contributed by atoms with E-state index in [1.54, 1.807) is 0 Å². The van der Waals surface area contributed by atoms with E-state index in [2.05, 4.69) is 11.2 Å². The number of hydrogen-bond acceptors (Lipinski definition) is 3. The van der Waals surface area contributed by atoms with Crippen LogP contribution < -0.4 is 5.32 Å². The van der Waals surface area contributed by atoms with Crippen LogP contribution in [0, 0.1) is 36.5 Å². The van der Waals surface area contributed by atoms with Crippen LogP contribution in [0.3, 0.4) is 0 Å². The number of carbonyl (C=O) groups is 2. The number of nitrogens with one attached hydrogen (secondary N) is 1. The minimum atomic E-state index is -1.30. The van der Waals surface area contributed by atoms with Gasteiger partial charge in [0.25, 0.3) is 0 Å².